The Bertz CT molecular complexity index is 1310. The molecule has 4 aliphatic rings. The fourth-order valence-corrected chi connectivity index (χ4v) is 5.19. The number of hydrogen-bond donors (Lipinski definition) is 0. The summed E-state index contributed by atoms with van der Waals surface area (Å²) in [6.07, 6.45) is 0.652. The maximum atomic E-state index is 14.5. The number of benzene rings is 1. The van der Waals surface area contributed by atoms with Gasteiger partial charge in [0, 0.05) is 24.9 Å². The lowest BCUT2D eigenvalue weighted by Crippen LogP contribution is -2.44. The van der Waals surface area contributed by atoms with Crippen LogP contribution in [0.2, 0.25) is 0 Å². The lowest BCUT2D eigenvalue weighted by molar-refractivity contribution is 0.145. The van der Waals surface area contributed by atoms with Crippen molar-refractivity contribution in [2.24, 2.45) is 5.92 Å². The van der Waals surface area contributed by atoms with Crippen LogP contribution in [0.3, 0.4) is 0 Å². The first-order valence-corrected chi connectivity index (χ1v) is 10.6. The fraction of sp³-hybridized carbons (Fsp3) is 0.348. The molecule has 2 aromatic heterocycles. The van der Waals surface area contributed by atoms with Crippen molar-refractivity contribution in [1.82, 2.24) is 14.5 Å². The average Bonchev–Trinajstić information content (AvgIpc) is 3.40. The minimum Gasteiger partial charge on any atom is -0.473 e. The third-order valence-electron chi connectivity index (χ3n) is 6.63. The second-order valence-electron chi connectivity index (χ2n) is 8.80. The number of rotatable bonds is 6. The van der Waals surface area contributed by atoms with Crippen LogP contribution >= 0.6 is 0 Å². The van der Waals surface area contributed by atoms with E-state index in [9.17, 15) is 18.0 Å². The van der Waals surface area contributed by atoms with Gasteiger partial charge in [-0.05, 0) is 42.5 Å². The van der Waals surface area contributed by atoms with Crippen LogP contribution in [0.15, 0.2) is 47.4 Å². The van der Waals surface area contributed by atoms with E-state index in [1.807, 2.05) is 0 Å². The molecule has 2 saturated heterocycles. The lowest BCUT2D eigenvalue weighted by atomic mass is 9.74. The summed E-state index contributed by atoms with van der Waals surface area (Å²) in [6.45, 7) is 1.63. The minimum absolute atomic E-state index is 0.00560. The van der Waals surface area contributed by atoms with E-state index in [0.29, 0.717) is 18.0 Å². The van der Waals surface area contributed by atoms with Crippen LogP contribution in [0.5, 0.6) is 17.4 Å². The van der Waals surface area contributed by atoms with Crippen LogP contribution in [-0.2, 0) is 13.2 Å². The van der Waals surface area contributed by atoms with Gasteiger partial charge in [-0.15, -0.1) is 0 Å². The van der Waals surface area contributed by atoms with Crippen LogP contribution in [0.4, 0.5) is 19.0 Å². The van der Waals surface area contributed by atoms with Crippen LogP contribution in [0.25, 0.3) is 0 Å². The number of pyridine rings is 1. The highest BCUT2D eigenvalue weighted by atomic mass is 19.3. The van der Waals surface area contributed by atoms with E-state index in [2.05, 4.69) is 14.9 Å². The number of anilines is 1. The molecule has 1 saturated carbocycles. The van der Waals surface area contributed by atoms with Crippen molar-refractivity contribution in [3.8, 4) is 17.4 Å². The Morgan fingerprint density at radius 1 is 1.18 bits per heavy atom. The zero-order valence-corrected chi connectivity index (χ0v) is 17.4. The quantitative estimate of drug-likeness (QED) is 0.557. The van der Waals surface area contributed by atoms with Gasteiger partial charge in [0.05, 0.1) is 12.1 Å². The second kappa shape index (κ2) is 7.23. The Morgan fingerprint density at radius 3 is 2.82 bits per heavy atom. The molecule has 0 radical (unpaired) electrons. The molecule has 10 heteroatoms. The van der Waals surface area contributed by atoms with E-state index in [0.717, 1.165) is 31.3 Å². The first kappa shape index (κ1) is 20.1. The predicted octanol–water partition coefficient (Wildman–Crippen LogP) is 4.07. The van der Waals surface area contributed by atoms with Crippen molar-refractivity contribution >= 4 is 5.82 Å². The van der Waals surface area contributed by atoms with Gasteiger partial charge in [0.25, 0.3) is 6.43 Å². The van der Waals surface area contributed by atoms with Crippen molar-refractivity contribution in [1.29, 1.82) is 0 Å². The largest absolute Gasteiger partial charge is 0.473 e. The van der Waals surface area contributed by atoms with Gasteiger partial charge in [-0.3, -0.25) is 9.55 Å². The fourth-order valence-electron chi connectivity index (χ4n) is 5.19. The molecule has 0 N–H and O–H groups in total. The van der Waals surface area contributed by atoms with Gasteiger partial charge in [0.15, 0.2) is 11.6 Å². The number of nitrogens with zero attached hydrogens (tertiary/aromatic N) is 4. The monoisotopic (exact) mass is 456 g/mol. The predicted molar refractivity (Wildman–Crippen MR) is 111 cm³/mol. The van der Waals surface area contributed by atoms with E-state index >= 15 is 0 Å². The van der Waals surface area contributed by atoms with E-state index in [1.165, 1.54) is 24.4 Å². The van der Waals surface area contributed by atoms with Crippen molar-refractivity contribution in [2.45, 2.75) is 38.0 Å². The first-order valence-electron chi connectivity index (χ1n) is 10.6. The number of aromatic nitrogens is 3. The normalized spacial score (nSPS) is 22.2. The lowest BCUT2D eigenvalue weighted by Gasteiger charge is -2.37. The van der Waals surface area contributed by atoms with Gasteiger partial charge in [-0.25, -0.2) is 18.0 Å². The van der Waals surface area contributed by atoms with Crippen molar-refractivity contribution < 1.29 is 22.6 Å². The van der Waals surface area contributed by atoms with Crippen molar-refractivity contribution in [2.75, 3.05) is 11.4 Å². The Morgan fingerprint density at radius 2 is 2.03 bits per heavy atom. The molecule has 33 heavy (non-hydrogen) atoms. The molecular formula is C23H19F3N4O3. The number of hydrogen-bond acceptors (Lipinski definition) is 6. The molecular weight excluding hydrogens is 437 g/mol. The highest BCUT2D eigenvalue weighted by Crippen LogP contribution is 2.56. The molecule has 3 aromatic rings. The molecule has 0 amide bonds. The topological polar surface area (TPSA) is 69.5 Å². The molecule has 1 spiro atoms. The molecule has 7 rings (SSSR count). The van der Waals surface area contributed by atoms with Gasteiger partial charge in [0.1, 0.15) is 23.9 Å². The number of halogens is 3. The van der Waals surface area contributed by atoms with Gasteiger partial charge in [-0.2, -0.15) is 4.98 Å². The zero-order chi connectivity index (χ0) is 22.7. The smallest absolute Gasteiger partial charge is 0.352 e. The maximum Gasteiger partial charge on any atom is 0.352 e. The summed E-state index contributed by atoms with van der Waals surface area (Å²) in [5, 5.41) is 0. The standard InChI is InChI=1S/C23H19F3N4O3/c24-16-5-13(1-2-18(16)33-15-3-4-27-17(6-15)21(25)26)11-32-19-7-20-29(22(31)28-19)12-23-8-14(9-23)10-30(20)23/h1-7,14,21H,8-12H2. The Hall–Kier alpha value is -3.56. The van der Waals surface area contributed by atoms with E-state index in [-0.39, 0.29) is 35.2 Å². The molecule has 5 heterocycles. The summed E-state index contributed by atoms with van der Waals surface area (Å²) in [5.74, 6) is 1.00. The third kappa shape index (κ3) is 3.32. The van der Waals surface area contributed by atoms with Gasteiger partial charge in [-0.1, -0.05) is 6.07 Å². The molecule has 0 unspecified atom stereocenters. The summed E-state index contributed by atoms with van der Waals surface area (Å²) in [4.78, 5) is 22.4. The van der Waals surface area contributed by atoms with Crippen LogP contribution < -0.4 is 20.1 Å². The zero-order valence-electron chi connectivity index (χ0n) is 17.4. The first-order chi connectivity index (χ1) is 15.9. The number of fused-ring (bicyclic) bond motifs is 1. The highest BCUT2D eigenvalue weighted by molar-refractivity contribution is 5.54. The summed E-state index contributed by atoms with van der Waals surface area (Å²) in [6, 6.07) is 8.42. The maximum absolute atomic E-state index is 14.5. The summed E-state index contributed by atoms with van der Waals surface area (Å²) >= 11 is 0. The van der Waals surface area contributed by atoms with Crippen molar-refractivity contribution in [3.63, 3.8) is 0 Å². The number of ether oxygens (including phenoxy) is 2. The van der Waals surface area contributed by atoms with E-state index < -0.39 is 17.9 Å². The van der Waals surface area contributed by atoms with Crippen molar-refractivity contribution in [3.05, 3.63) is 70.2 Å². The number of alkyl halides is 2. The summed E-state index contributed by atoms with van der Waals surface area (Å²) < 4.78 is 52.9. The molecule has 7 nitrogen and oxygen atoms in total. The van der Waals surface area contributed by atoms with Gasteiger partial charge < -0.3 is 14.4 Å². The molecule has 1 aromatic carbocycles. The van der Waals surface area contributed by atoms with Gasteiger partial charge >= 0.3 is 5.69 Å². The van der Waals surface area contributed by atoms with Crippen LogP contribution in [-0.4, -0.2) is 26.6 Å². The average molecular weight is 456 g/mol. The molecule has 1 aliphatic carbocycles. The van der Waals surface area contributed by atoms with Crippen LogP contribution in [0.1, 0.15) is 30.5 Å². The Balaban J connectivity index is 1.16. The van der Waals surface area contributed by atoms with Crippen LogP contribution in [0, 0.1) is 11.7 Å². The SMILES string of the molecule is O=c1nc(OCc2ccc(Oc3ccnc(C(F)F)c3)c(F)c2)cc2n1CC13CC(CN21)C3. The molecule has 3 fully saturated rings. The summed E-state index contributed by atoms with van der Waals surface area (Å²) in [5.41, 5.74) is -0.218. The molecule has 3 aliphatic heterocycles. The van der Waals surface area contributed by atoms with E-state index in [4.69, 9.17) is 9.47 Å². The molecule has 170 valence electrons. The Labute approximate surface area is 186 Å². The molecule has 2 bridgehead atoms. The summed E-state index contributed by atoms with van der Waals surface area (Å²) in [7, 11) is 0. The van der Waals surface area contributed by atoms with Gasteiger partial charge in [0.2, 0.25) is 5.88 Å². The van der Waals surface area contributed by atoms with E-state index in [1.54, 1.807) is 16.7 Å². The highest BCUT2D eigenvalue weighted by Gasteiger charge is 2.60. The third-order valence-corrected chi connectivity index (χ3v) is 6.63. The molecule has 0 atom stereocenters. The Kier molecular flexibility index (Phi) is 4.40. The minimum atomic E-state index is -2.75. The second-order valence-corrected chi connectivity index (χ2v) is 8.80.